The lowest BCUT2D eigenvalue weighted by molar-refractivity contribution is 0.0696. The first-order valence-corrected chi connectivity index (χ1v) is 14.8. The van der Waals surface area contributed by atoms with Gasteiger partial charge < -0.3 is 10.4 Å². The molecule has 0 radical (unpaired) electrons. The number of rotatable bonds is 8. The molecule has 1 heterocycles. The van der Waals surface area contributed by atoms with Crippen molar-refractivity contribution >= 4 is 22.8 Å². The number of aromatic nitrogens is 2. The fourth-order valence-electron chi connectivity index (χ4n) is 5.99. The molecular weight excluding hydrogens is 579 g/mol. The number of carboxylic acid groups (broad SMARTS) is 1. The van der Waals surface area contributed by atoms with Gasteiger partial charge in [0.25, 0.3) is 5.91 Å². The highest BCUT2D eigenvalue weighted by Gasteiger charge is 2.46. The van der Waals surface area contributed by atoms with Crippen molar-refractivity contribution in [3.8, 4) is 28.3 Å². The lowest BCUT2D eigenvalue weighted by atomic mass is 9.97. The third kappa shape index (κ3) is 5.51. The van der Waals surface area contributed by atoms with Crippen LogP contribution in [0.25, 0.3) is 33.2 Å². The SMILES string of the molecule is N#Cc1cc(F)cc(-c2cc(C(=O)NC3(c4ccc(C(=O)O)cc4)CC3)c3c(cnn3Cc3cccc(-c4ccccc4)c3)c2)c1. The molecule has 1 aliphatic carbocycles. The van der Waals surface area contributed by atoms with Gasteiger partial charge in [-0.15, -0.1) is 0 Å². The quantitative estimate of drug-likeness (QED) is 0.186. The van der Waals surface area contributed by atoms with Crippen LogP contribution in [0.1, 0.15) is 50.2 Å². The molecule has 0 atom stereocenters. The number of carbonyl (C=O) groups is 2. The molecule has 6 aromatic rings. The summed E-state index contributed by atoms with van der Waals surface area (Å²) in [5, 5.41) is 27.4. The molecule has 1 aliphatic rings. The lowest BCUT2D eigenvalue weighted by Gasteiger charge is -2.20. The molecule has 0 spiro atoms. The van der Waals surface area contributed by atoms with Crippen molar-refractivity contribution in [2.24, 2.45) is 0 Å². The van der Waals surface area contributed by atoms with E-state index in [4.69, 9.17) is 0 Å². The van der Waals surface area contributed by atoms with Gasteiger partial charge in [-0.3, -0.25) is 9.48 Å². The molecule has 0 aliphatic heterocycles. The predicted octanol–water partition coefficient (Wildman–Crippen LogP) is 7.55. The van der Waals surface area contributed by atoms with E-state index in [0.717, 1.165) is 22.3 Å². The van der Waals surface area contributed by atoms with Crippen LogP contribution in [0.4, 0.5) is 4.39 Å². The largest absolute Gasteiger partial charge is 0.478 e. The van der Waals surface area contributed by atoms with Gasteiger partial charge in [-0.2, -0.15) is 10.4 Å². The van der Waals surface area contributed by atoms with Crippen LogP contribution in [0.2, 0.25) is 0 Å². The van der Waals surface area contributed by atoms with E-state index in [1.165, 1.54) is 24.3 Å². The number of aromatic carboxylic acids is 1. The lowest BCUT2D eigenvalue weighted by Crippen LogP contribution is -2.35. The van der Waals surface area contributed by atoms with Crippen molar-refractivity contribution in [1.82, 2.24) is 15.1 Å². The third-order valence-electron chi connectivity index (χ3n) is 8.49. The third-order valence-corrected chi connectivity index (χ3v) is 8.49. The normalized spacial score (nSPS) is 13.2. The number of nitrogens with one attached hydrogen (secondary N) is 1. The molecule has 1 aromatic heterocycles. The van der Waals surface area contributed by atoms with E-state index in [2.05, 4.69) is 34.7 Å². The Labute approximate surface area is 264 Å². The Balaban J connectivity index is 1.30. The number of fused-ring (bicyclic) bond motifs is 1. The van der Waals surface area contributed by atoms with Crippen LogP contribution < -0.4 is 5.32 Å². The summed E-state index contributed by atoms with van der Waals surface area (Å²) in [6.07, 6.45) is 3.10. The van der Waals surface area contributed by atoms with E-state index >= 15 is 0 Å². The molecule has 0 unspecified atom stereocenters. The molecule has 8 heteroatoms. The molecule has 1 saturated carbocycles. The standard InChI is InChI=1S/C38H27FN4O3/c39-33-17-25(21-40)16-29(19-33)30-18-31-22-41-43(23-24-5-4-8-28(15-24)26-6-2-1-3-7-26)35(31)34(20-30)36(44)42-38(13-14-38)32-11-9-27(10-12-32)37(45)46/h1-12,15-20,22H,13-14,23H2,(H,42,44)(H,45,46). The molecule has 7 rings (SSSR count). The first kappa shape index (κ1) is 28.7. The Morgan fingerprint density at radius 2 is 1.61 bits per heavy atom. The second-order valence-electron chi connectivity index (χ2n) is 11.6. The average Bonchev–Trinajstić information content (AvgIpc) is 3.76. The van der Waals surface area contributed by atoms with E-state index in [-0.39, 0.29) is 17.0 Å². The summed E-state index contributed by atoms with van der Waals surface area (Å²) in [7, 11) is 0. The van der Waals surface area contributed by atoms with Crippen LogP contribution in [0.3, 0.4) is 0 Å². The zero-order valence-corrected chi connectivity index (χ0v) is 24.6. The van der Waals surface area contributed by atoms with Crippen molar-refractivity contribution in [3.63, 3.8) is 0 Å². The van der Waals surface area contributed by atoms with E-state index in [0.29, 0.717) is 47.0 Å². The maximum absolute atomic E-state index is 14.5. The summed E-state index contributed by atoms with van der Waals surface area (Å²) in [4.78, 5) is 25.6. The highest BCUT2D eigenvalue weighted by molar-refractivity contribution is 6.08. The Morgan fingerprint density at radius 3 is 2.33 bits per heavy atom. The van der Waals surface area contributed by atoms with Gasteiger partial charge in [0.15, 0.2) is 0 Å². The van der Waals surface area contributed by atoms with E-state index < -0.39 is 17.3 Å². The monoisotopic (exact) mass is 606 g/mol. The minimum atomic E-state index is -1.01. The van der Waals surface area contributed by atoms with Crippen molar-refractivity contribution in [2.45, 2.75) is 24.9 Å². The summed E-state index contributed by atoms with van der Waals surface area (Å²) in [5.74, 6) is -1.89. The molecule has 7 nitrogen and oxygen atoms in total. The van der Waals surface area contributed by atoms with Crippen LogP contribution in [-0.2, 0) is 12.1 Å². The number of amides is 1. The minimum absolute atomic E-state index is 0.173. The average molecular weight is 607 g/mol. The summed E-state index contributed by atoms with van der Waals surface area (Å²) >= 11 is 0. The molecule has 0 bridgehead atoms. The number of hydrogen-bond acceptors (Lipinski definition) is 4. The fourth-order valence-corrected chi connectivity index (χ4v) is 5.99. The topological polar surface area (TPSA) is 108 Å². The number of benzene rings is 5. The summed E-state index contributed by atoms with van der Waals surface area (Å²) in [5.41, 5.74) is 5.76. The van der Waals surface area contributed by atoms with Gasteiger partial charge in [0.1, 0.15) is 5.82 Å². The number of carbonyl (C=O) groups excluding carboxylic acids is 1. The second-order valence-corrected chi connectivity index (χ2v) is 11.6. The first-order valence-electron chi connectivity index (χ1n) is 14.8. The highest BCUT2D eigenvalue weighted by atomic mass is 19.1. The van der Waals surface area contributed by atoms with Gasteiger partial charge in [-0.1, -0.05) is 60.7 Å². The molecule has 46 heavy (non-hydrogen) atoms. The summed E-state index contributed by atoms with van der Waals surface area (Å²) < 4.78 is 16.3. The molecule has 5 aromatic carbocycles. The second kappa shape index (κ2) is 11.5. The van der Waals surface area contributed by atoms with Gasteiger partial charge in [-0.05, 0) is 94.8 Å². The Bertz CT molecular complexity index is 2180. The Hall–Kier alpha value is -6.07. The van der Waals surface area contributed by atoms with E-state index in [1.54, 1.807) is 35.1 Å². The van der Waals surface area contributed by atoms with Gasteiger partial charge in [-0.25, -0.2) is 9.18 Å². The Kier molecular flexibility index (Phi) is 7.14. The van der Waals surface area contributed by atoms with Crippen molar-refractivity contribution in [2.75, 3.05) is 0 Å². The van der Waals surface area contributed by atoms with Gasteiger partial charge in [0, 0.05) is 5.39 Å². The molecule has 224 valence electrons. The maximum Gasteiger partial charge on any atom is 0.335 e. The van der Waals surface area contributed by atoms with Crippen molar-refractivity contribution < 1.29 is 19.1 Å². The molecule has 1 fully saturated rings. The van der Waals surface area contributed by atoms with E-state index in [9.17, 15) is 24.3 Å². The fraction of sp³-hybridized carbons (Fsp3) is 0.105. The first-order chi connectivity index (χ1) is 22.3. The van der Waals surface area contributed by atoms with E-state index in [1.807, 2.05) is 42.5 Å². The van der Waals surface area contributed by atoms with Crippen molar-refractivity contribution in [1.29, 1.82) is 5.26 Å². The van der Waals surface area contributed by atoms with Crippen molar-refractivity contribution in [3.05, 3.63) is 149 Å². The van der Waals surface area contributed by atoms with Gasteiger partial charge >= 0.3 is 5.97 Å². The Morgan fingerprint density at radius 1 is 0.870 bits per heavy atom. The van der Waals surface area contributed by atoms with Crippen LogP contribution in [0.15, 0.2) is 115 Å². The predicted molar refractivity (Wildman–Crippen MR) is 173 cm³/mol. The molecule has 2 N–H and O–H groups in total. The zero-order valence-electron chi connectivity index (χ0n) is 24.6. The number of nitriles is 1. The van der Waals surface area contributed by atoms with Gasteiger partial charge in [0.05, 0.1) is 46.6 Å². The smallest absolute Gasteiger partial charge is 0.335 e. The molecule has 0 saturated heterocycles. The van der Waals surface area contributed by atoms with Crippen LogP contribution >= 0.6 is 0 Å². The van der Waals surface area contributed by atoms with Gasteiger partial charge in [0.2, 0.25) is 0 Å². The minimum Gasteiger partial charge on any atom is -0.478 e. The summed E-state index contributed by atoms with van der Waals surface area (Å²) in [6, 6.07) is 34.5. The number of hydrogen-bond donors (Lipinski definition) is 2. The van der Waals surface area contributed by atoms with Crippen LogP contribution in [-0.4, -0.2) is 26.8 Å². The molecule has 1 amide bonds. The van der Waals surface area contributed by atoms with Crippen LogP contribution in [0, 0.1) is 17.1 Å². The number of carboxylic acids is 1. The molecular formula is C38H27FN4O3. The highest BCUT2D eigenvalue weighted by Crippen LogP contribution is 2.46. The number of nitrogens with zero attached hydrogens (tertiary/aromatic N) is 3. The summed E-state index contributed by atoms with van der Waals surface area (Å²) in [6.45, 7) is 0.407. The van der Waals surface area contributed by atoms with Crippen LogP contribution in [0.5, 0.6) is 0 Å². The zero-order chi connectivity index (χ0) is 31.8. The maximum atomic E-state index is 14.5. The number of halogens is 1.